The first-order chi connectivity index (χ1) is 14.5. The average molecular weight is 428 g/mol. The lowest BCUT2D eigenvalue weighted by Crippen LogP contribution is -2.40. The fourth-order valence-electron chi connectivity index (χ4n) is 3.65. The molecule has 30 heavy (non-hydrogen) atoms. The largest absolute Gasteiger partial charge is 0.497 e. The maximum atomic E-state index is 12.7. The van der Waals surface area contributed by atoms with Gasteiger partial charge in [-0.25, -0.2) is 0 Å². The fraction of sp³-hybridized carbons (Fsp3) is 0.391. The van der Waals surface area contributed by atoms with E-state index in [0.717, 1.165) is 35.0 Å². The number of ether oxygens (including phenoxy) is 1. The van der Waals surface area contributed by atoms with Crippen LogP contribution < -0.4 is 15.4 Å². The normalized spacial score (nSPS) is 16.5. The Bertz CT molecular complexity index is 886. The van der Waals surface area contributed by atoms with Crippen molar-refractivity contribution in [2.75, 3.05) is 32.1 Å². The third-order valence-corrected chi connectivity index (χ3v) is 6.58. The third-order valence-electron chi connectivity index (χ3n) is 5.30. The third kappa shape index (κ3) is 5.34. The van der Waals surface area contributed by atoms with Gasteiger partial charge in [0.05, 0.1) is 24.1 Å². The van der Waals surface area contributed by atoms with Gasteiger partial charge in [-0.2, -0.15) is 0 Å². The maximum absolute atomic E-state index is 12.7. The number of likely N-dealkylation sites (N-methyl/N-ethyl adjacent to an activating group) is 1. The summed E-state index contributed by atoms with van der Waals surface area (Å²) in [6.45, 7) is 6.43. The highest BCUT2D eigenvalue weighted by molar-refractivity contribution is 8.01. The summed E-state index contributed by atoms with van der Waals surface area (Å²) in [7, 11) is 1.65. The molecule has 0 radical (unpaired) electrons. The molecule has 7 heteroatoms. The van der Waals surface area contributed by atoms with Gasteiger partial charge in [0.2, 0.25) is 11.8 Å². The lowest BCUT2D eigenvalue weighted by Gasteiger charge is -2.31. The average Bonchev–Trinajstić information content (AvgIpc) is 2.77. The Balaban J connectivity index is 1.65. The number of anilines is 1. The molecule has 1 heterocycles. The molecule has 2 aromatic carbocycles. The summed E-state index contributed by atoms with van der Waals surface area (Å²) in [4.78, 5) is 28.4. The number of thioether (sulfide) groups is 1. The van der Waals surface area contributed by atoms with Gasteiger partial charge in [0.1, 0.15) is 5.75 Å². The summed E-state index contributed by atoms with van der Waals surface area (Å²) < 4.78 is 5.37. The van der Waals surface area contributed by atoms with E-state index in [4.69, 9.17) is 4.74 Å². The molecule has 0 fully saturated rings. The first kappa shape index (κ1) is 22.2. The van der Waals surface area contributed by atoms with Gasteiger partial charge in [-0.05, 0) is 42.9 Å². The molecule has 0 aliphatic carbocycles. The predicted molar refractivity (Wildman–Crippen MR) is 121 cm³/mol. The molecule has 3 rings (SSSR count). The van der Waals surface area contributed by atoms with Crippen LogP contribution in [0.5, 0.6) is 5.75 Å². The van der Waals surface area contributed by atoms with E-state index < -0.39 is 5.25 Å². The van der Waals surface area contributed by atoms with Crippen molar-refractivity contribution in [3.63, 3.8) is 0 Å². The van der Waals surface area contributed by atoms with E-state index in [1.165, 1.54) is 11.8 Å². The lowest BCUT2D eigenvalue weighted by molar-refractivity contribution is -0.124. The SMILES string of the molecule is CCN(CC)C(CNC(=O)CC1Sc2ccccc2NC1=O)c1cccc(OC)c1. The summed E-state index contributed by atoms with van der Waals surface area (Å²) in [5, 5.41) is 5.51. The van der Waals surface area contributed by atoms with Crippen LogP contribution in [0, 0.1) is 0 Å². The first-order valence-electron chi connectivity index (χ1n) is 10.3. The number of rotatable bonds is 9. The van der Waals surface area contributed by atoms with Gasteiger partial charge in [0, 0.05) is 17.9 Å². The Morgan fingerprint density at radius 1 is 1.20 bits per heavy atom. The molecule has 2 atom stereocenters. The number of hydrogen-bond acceptors (Lipinski definition) is 5. The van der Waals surface area contributed by atoms with E-state index in [0.29, 0.717) is 6.54 Å². The van der Waals surface area contributed by atoms with E-state index in [1.807, 2.05) is 42.5 Å². The minimum absolute atomic E-state index is 0.0348. The molecule has 160 valence electrons. The summed E-state index contributed by atoms with van der Waals surface area (Å²) in [5.41, 5.74) is 1.90. The zero-order chi connectivity index (χ0) is 21.5. The lowest BCUT2D eigenvalue weighted by atomic mass is 10.0. The quantitative estimate of drug-likeness (QED) is 0.639. The van der Waals surface area contributed by atoms with E-state index in [-0.39, 0.29) is 24.3 Å². The Morgan fingerprint density at radius 2 is 1.97 bits per heavy atom. The summed E-state index contributed by atoms with van der Waals surface area (Å²) in [6.07, 6.45) is 0.147. The molecule has 6 nitrogen and oxygen atoms in total. The van der Waals surface area contributed by atoms with Crippen LogP contribution in [0.15, 0.2) is 53.4 Å². The van der Waals surface area contributed by atoms with E-state index >= 15 is 0 Å². The van der Waals surface area contributed by atoms with Crippen LogP contribution in [-0.4, -0.2) is 48.7 Å². The number of carbonyl (C=O) groups excluding carboxylic acids is 2. The van der Waals surface area contributed by atoms with E-state index in [9.17, 15) is 9.59 Å². The molecule has 2 amide bonds. The standard InChI is InChI=1S/C23H29N3O3S/c1-4-26(5-2)19(16-9-8-10-17(13-16)29-3)15-24-22(27)14-21-23(28)25-18-11-6-7-12-20(18)30-21/h6-13,19,21H,4-5,14-15H2,1-3H3,(H,24,27)(H,25,28). The number of benzene rings is 2. The summed E-state index contributed by atoms with van der Waals surface area (Å²) >= 11 is 1.44. The second-order valence-electron chi connectivity index (χ2n) is 7.11. The molecule has 0 saturated carbocycles. The molecule has 0 aromatic heterocycles. The minimum Gasteiger partial charge on any atom is -0.497 e. The number of hydrogen-bond donors (Lipinski definition) is 2. The Hall–Kier alpha value is -2.51. The van der Waals surface area contributed by atoms with Crippen LogP contribution >= 0.6 is 11.8 Å². The van der Waals surface area contributed by atoms with Gasteiger partial charge in [-0.1, -0.05) is 38.1 Å². The smallest absolute Gasteiger partial charge is 0.238 e. The zero-order valence-corrected chi connectivity index (χ0v) is 18.5. The molecule has 0 bridgehead atoms. The molecule has 2 N–H and O–H groups in total. The topological polar surface area (TPSA) is 70.7 Å². The summed E-state index contributed by atoms with van der Waals surface area (Å²) in [5.74, 6) is 0.550. The Kier molecular flexibility index (Phi) is 7.76. The van der Waals surface area contributed by atoms with Crippen molar-refractivity contribution in [1.82, 2.24) is 10.2 Å². The number of nitrogens with zero attached hydrogens (tertiary/aromatic N) is 1. The highest BCUT2D eigenvalue weighted by Crippen LogP contribution is 2.36. The maximum Gasteiger partial charge on any atom is 0.238 e. The van der Waals surface area contributed by atoms with Crippen molar-refractivity contribution in [2.45, 2.75) is 36.5 Å². The van der Waals surface area contributed by atoms with Gasteiger partial charge in [0.25, 0.3) is 0 Å². The predicted octanol–water partition coefficient (Wildman–Crippen LogP) is 3.70. The molecule has 0 saturated heterocycles. The number of methoxy groups -OCH3 is 1. The van der Waals surface area contributed by atoms with Gasteiger partial charge in [-0.15, -0.1) is 11.8 Å². The van der Waals surface area contributed by atoms with Crippen LogP contribution in [0.1, 0.15) is 31.9 Å². The number of amides is 2. The van der Waals surface area contributed by atoms with Crippen molar-refractivity contribution in [3.8, 4) is 5.75 Å². The molecule has 2 aromatic rings. The number of fused-ring (bicyclic) bond motifs is 1. The van der Waals surface area contributed by atoms with Crippen molar-refractivity contribution < 1.29 is 14.3 Å². The molecule has 1 aliphatic heterocycles. The number of para-hydroxylation sites is 1. The summed E-state index contributed by atoms with van der Waals surface area (Å²) in [6, 6.07) is 15.6. The second-order valence-corrected chi connectivity index (χ2v) is 8.36. The highest BCUT2D eigenvalue weighted by Gasteiger charge is 2.29. The Morgan fingerprint density at radius 3 is 2.70 bits per heavy atom. The van der Waals surface area contributed by atoms with E-state index in [2.05, 4.69) is 35.4 Å². The van der Waals surface area contributed by atoms with Crippen molar-refractivity contribution in [1.29, 1.82) is 0 Å². The number of carbonyl (C=O) groups is 2. The van der Waals surface area contributed by atoms with Crippen molar-refractivity contribution in [3.05, 3.63) is 54.1 Å². The van der Waals surface area contributed by atoms with Gasteiger partial charge < -0.3 is 15.4 Å². The van der Waals surface area contributed by atoms with Gasteiger partial charge in [0.15, 0.2) is 0 Å². The first-order valence-corrected chi connectivity index (χ1v) is 11.1. The monoisotopic (exact) mass is 427 g/mol. The molecule has 1 aliphatic rings. The minimum atomic E-state index is -0.427. The van der Waals surface area contributed by atoms with Crippen LogP contribution in [0.25, 0.3) is 0 Å². The van der Waals surface area contributed by atoms with Crippen LogP contribution in [0.2, 0.25) is 0 Å². The fourth-order valence-corrected chi connectivity index (χ4v) is 4.76. The van der Waals surface area contributed by atoms with Crippen LogP contribution in [-0.2, 0) is 9.59 Å². The molecular formula is C23H29N3O3S. The molecule has 0 spiro atoms. The second kappa shape index (κ2) is 10.5. The molecular weight excluding hydrogens is 398 g/mol. The van der Waals surface area contributed by atoms with Crippen molar-refractivity contribution >= 4 is 29.3 Å². The highest BCUT2D eigenvalue weighted by atomic mass is 32.2. The Labute approximate surface area is 182 Å². The van der Waals surface area contributed by atoms with E-state index in [1.54, 1.807) is 7.11 Å². The number of nitrogens with one attached hydrogen (secondary N) is 2. The van der Waals surface area contributed by atoms with Gasteiger partial charge in [-0.3, -0.25) is 14.5 Å². The van der Waals surface area contributed by atoms with Gasteiger partial charge >= 0.3 is 0 Å². The van der Waals surface area contributed by atoms with Crippen molar-refractivity contribution in [2.24, 2.45) is 0 Å². The zero-order valence-electron chi connectivity index (χ0n) is 17.7. The van der Waals surface area contributed by atoms with Crippen LogP contribution in [0.3, 0.4) is 0 Å². The van der Waals surface area contributed by atoms with Crippen LogP contribution in [0.4, 0.5) is 5.69 Å². The molecule has 2 unspecified atom stereocenters.